The van der Waals surface area contributed by atoms with Crippen LogP contribution in [0.4, 0.5) is 15.5 Å². The van der Waals surface area contributed by atoms with Gasteiger partial charge in [0.2, 0.25) is 11.9 Å². The SMILES string of the molecule is Cc1nc(NC(=O)CCc2c(C)nc(N3CCOCC3)[nH]c2=O)sc1Cc1ccccc1F. The Morgan fingerprint density at radius 3 is 2.70 bits per heavy atom. The summed E-state index contributed by atoms with van der Waals surface area (Å²) in [5, 5.41) is 3.26. The second-order valence-electron chi connectivity index (χ2n) is 7.90. The lowest BCUT2D eigenvalue weighted by molar-refractivity contribution is -0.116. The number of aryl methyl sites for hydroxylation is 2. The first-order valence-electron chi connectivity index (χ1n) is 10.8. The standard InChI is InChI=1S/C23H26FN5O3S/c1-14-17(21(31)28-22(25-14)29-9-11-32-12-10-29)7-8-20(30)27-23-26-15(2)19(33-23)13-16-5-3-4-6-18(16)24/h3-6H,7-13H2,1-2H3,(H,25,28,31)(H,26,27,30). The van der Waals surface area contributed by atoms with Crippen LogP contribution in [0.1, 0.15) is 33.8 Å². The van der Waals surface area contributed by atoms with Crippen LogP contribution >= 0.6 is 11.3 Å². The van der Waals surface area contributed by atoms with E-state index in [1.54, 1.807) is 25.1 Å². The van der Waals surface area contributed by atoms with Gasteiger partial charge in [0, 0.05) is 42.1 Å². The van der Waals surface area contributed by atoms with Crippen molar-refractivity contribution in [3.63, 3.8) is 0 Å². The topological polar surface area (TPSA) is 100 Å². The molecule has 2 aromatic heterocycles. The molecule has 174 valence electrons. The molecule has 1 aliphatic heterocycles. The lowest BCUT2D eigenvalue weighted by atomic mass is 10.1. The van der Waals surface area contributed by atoms with Gasteiger partial charge in [-0.25, -0.2) is 14.4 Å². The molecule has 0 saturated carbocycles. The highest BCUT2D eigenvalue weighted by atomic mass is 32.1. The second-order valence-corrected chi connectivity index (χ2v) is 8.98. The van der Waals surface area contributed by atoms with Gasteiger partial charge in [-0.05, 0) is 31.9 Å². The number of nitrogens with one attached hydrogen (secondary N) is 2. The van der Waals surface area contributed by atoms with Crippen LogP contribution in [0.2, 0.25) is 0 Å². The molecule has 3 heterocycles. The fourth-order valence-electron chi connectivity index (χ4n) is 3.70. The molecule has 8 nitrogen and oxygen atoms in total. The van der Waals surface area contributed by atoms with Crippen molar-refractivity contribution in [2.24, 2.45) is 0 Å². The number of hydrogen-bond acceptors (Lipinski definition) is 7. The molecule has 33 heavy (non-hydrogen) atoms. The van der Waals surface area contributed by atoms with E-state index in [9.17, 15) is 14.0 Å². The van der Waals surface area contributed by atoms with Crippen LogP contribution in [0.3, 0.4) is 0 Å². The Morgan fingerprint density at radius 1 is 1.21 bits per heavy atom. The van der Waals surface area contributed by atoms with Crippen molar-refractivity contribution in [1.29, 1.82) is 0 Å². The smallest absolute Gasteiger partial charge is 0.255 e. The van der Waals surface area contributed by atoms with Gasteiger partial charge in [-0.1, -0.05) is 18.2 Å². The van der Waals surface area contributed by atoms with Crippen molar-refractivity contribution in [3.05, 3.63) is 67.8 Å². The predicted octanol–water partition coefficient (Wildman–Crippen LogP) is 2.98. The molecular weight excluding hydrogens is 445 g/mol. The maximum atomic E-state index is 14.0. The van der Waals surface area contributed by atoms with Gasteiger partial charge in [0.1, 0.15) is 5.82 Å². The van der Waals surface area contributed by atoms with Crippen LogP contribution in [0.25, 0.3) is 0 Å². The van der Waals surface area contributed by atoms with Gasteiger partial charge >= 0.3 is 0 Å². The van der Waals surface area contributed by atoms with Gasteiger partial charge in [0.05, 0.1) is 18.9 Å². The maximum Gasteiger partial charge on any atom is 0.255 e. The number of rotatable bonds is 7. The Hall–Kier alpha value is -3.11. The van der Waals surface area contributed by atoms with Crippen LogP contribution in [0, 0.1) is 19.7 Å². The molecule has 4 rings (SSSR count). The highest BCUT2D eigenvalue weighted by molar-refractivity contribution is 7.15. The fourth-order valence-corrected chi connectivity index (χ4v) is 4.70. The first kappa shape index (κ1) is 23.1. The molecule has 1 fully saturated rings. The van der Waals surface area contributed by atoms with E-state index in [0.717, 1.165) is 10.6 Å². The summed E-state index contributed by atoms with van der Waals surface area (Å²) in [7, 11) is 0. The summed E-state index contributed by atoms with van der Waals surface area (Å²) in [6.07, 6.45) is 0.821. The highest BCUT2D eigenvalue weighted by Gasteiger charge is 2.17. The monoisotopic (exact) mass is 471 g/mol. The summed E-state index contributed by atoms with van der Waals surface area (Å²) in [6.45, 7) is 6.18. The van der Waals surface area contributed by atoms with Gasteiger partial charge < -0.3 is 15.0 Å². The Balaban J connectivity index is 1.37. The number of H-pyrrole nitrogens is 1. The number of carbonyl (C=O) groups excluding carboxylic acids is 1. The molecule has 1 amide bonds. The third-order valence-electron chi connectivity index (χ3n) is 5.57. The fraction of sp³-hybridized carbons (Fsp3) is 0.391. The molecule has 0 unspecified atom stereocenters. The van der Waals surface area contributed by atoms with Crippen molar-refractivity contribution in [1.82, 2.24) is 15.0 Å². The Kier molecular flexibility index (Phi) is 7.14. The number of amides is 1. The largest absolute Gasteiger partial charge is 0.378 e. The number of anilines is 2. The molecule has 3 aromatic rings. The molecule has 1 saturated heterocycles. The number of nitrogens with zero attached hydrogens (tertiary/aromatic N) is 3. The molecule has 0 atom stereocenters. The molecule has 10 heteroatoms. The van der Waals surface area contributed by atoms with Crippen LogP contribution in [0.15, 0.2) is 29.1 Å². The normalized spacial score (nSPS) is 13.8. The van der Waals surface area contributed by atoms with E-state index in [4.69, 9.17) is 4.74 Å². The Bertz CT molecular complexity index is 1200. The minimum absolute atomic E-state index is 0.129. The third-order valence-corrected chi connectivity index (χ3v) is 6.64. The minimum atomic E-state index is -0.260. The second kappa shape index (κ2) is 10.2. The van der Waals surface area contributed by atoms with E-state index in [1.807, 2.05) is 11.8 Å². The molecule has 0 spiro atoms. The molecular formula is C23H26FN5O3S. The summed E-state index contributed by atoms with van der Waals surface area (Å²) >= 11 is 1.33. The quantitative estimate of drug-likeness (QED) is 0.550. The summed E-state index contributed by atoms with van der Waals surface area (Å²) in [6, 6.07) is 6.62. The number of aromatic nitrogens is 3. The van der Waals surface area contributed by atoms with E-state index in [2.05, 4.69) is 20.3 Å². The summed E-state index contributed by atoms with van der Waals surface area (Å²) in [5.74, 6) is 0.0385. The lowest BCUT2D eigenvalue weighted by Crippen LogP contribution is -2.38. The van der Waals surface area contributed by atoms with Crippen molar-refractivity contribution in [2.45, 2.75) is 33.1 Å². The van der Waals surface area contributed by atoms with E-state index in [1.165, 1.54) is 17.4 Å². The molecule has 0 bridgehead atoms. The van der Waals surface area contributed by atoms with E-state index in [0.29, 0.717) is 60.6 Å². The summed E-state index contributed by atoms with van der Waals surface area (Å²) < 4.78 is 19.3. The molecule has 0 aliphatic carbocycles. The molecule has 1 aromatic carbocycles. The zero-order valence-electron chi connectivity index (χ0n) is 18.6. The van der Waals surface area contributed by atoms with E-state index >= 15 is 0 Å². The van der Waals surface area contributed by atoms with E-state index < -0.39 is 0 Å². The van der Waals surface area contributed by atoms with Gasteiger partial charge in [-0.2, -0.15) is 0 Å². The summed E-state index contributed by atoms with van der Waals surface area (Å²) in [4.78, 5) is 39.7. The maximum absolute atomic E-state index is 14.0. The number of carbonyl (C=O) groups is 1. The van der Waals surface area contributed by atoms with Crippen LogP contribution in [-0.4, -0.2) is 47.2 Å². The first-order chi connectivity index (χ1) is 15.9. The Labute approximate surface area is 194 Å². The number of thiazole rings is 1. The number of benzene rings is 1. The minimum Gasteiger partial charge on any atom is -0.378 e. The van der Waals surface area contributed by atoms with Gasteiger partial charge in [-0.15, -0.1) is 11.3 Å². The van der Waals surface area contributed by atoms with E-state index in [-0.39, 0.29) is 30.1 Å². The highest BCUT2D eigenvalue weighted by Crippen LogP contribution is 2.26. The van der Waals surface area contributed by atoms with Gasteiger partial charge in [0.25, 0.3) is 5.56 Å². The predicted molar refractivity (Wildman–Crippen MR) is 126 cm³/mol. The van der Waals surface area contributed by atoms with Crippen LogP contribution in [-0.2, 0) is 22.4 Å². The van der Waals surface area contributed by atoms with Crippen LogP contribution in [0.5, 0.6) is 0 Å². The van der Waals surface area contributed by atoms with Crippen molar-refractivity contribution < 1.29 is 13.9 Å². The average molecular weight is 472 g/mol. The Morgan fingerprint density at radius 2 is 1.97 bits per heavy atom. The summed E-state index contributed by atoms with van der Waals surface area (Å²) in [5.41, 5.74) is 2.23. The third kappa shape index (κ3) is 5.63. The number of halogens is 1. The average Bonchev–Trinajstić information content (AvgIpc) is 3.13. The lowest BCUT2D eigenvalue weighted by Gasteiger charge is -2.27. The van der Waals surface area contributed by atoms with Gasteiger partial charge in [-0.3, -0.25) is 14.6 Å². The first-order valence-corrected chi connectivity index (χ1v) is 11.6. The molecule has 0 radical (unpaired) electrons. The van der Waals surface area contributed by atoms with Crippen molar-refractivity contribution >= 4 is 28.3 Å². The van der Waals surface area contributed by atoms with Crippen LogP contribution < -0.4 is 15.8 Å². The number of ether oxygens (including phenoxy) is 1. The molecule has 1 aliphatic rings. The molecule has 2 N–H and O–H groups in total. The number of aromatic amines is 1. The zero-order chi connectivity index (χ0) is 23.4. The van der Waals surface area contributed by atoms with Crippen molar-refractivity contribution in [3.8, 4) is 0 Å². The number of hydrogen-bond donors (Lipinski definition) is 2. The van der Waals surface area contributed by atoms with Gasteiger partial charge in [0.15, 0.2) is 5.13 Å². The van der Waals surface area contributed by atoms with Crippen molar-refractivity contribution in [2.75, 3.05) is 36.5 Å². The number of morpholine rings is 1. The zero-order valence-corrected chi connectivity index (χ0v) is 19.4.